The highest BCUT2D eigenvalue weighted by atomic mass is 16.6. The average molecular weight is 517 g/mol. The van der Waals surface area contributed by atoms with Crippen molar-refractivity contribution < 1.29 is 23.8 Å². The van der Waals surface area contributed by atoms with E-state index in [4.69, 9.17) is 14.2 Å². The third-order valence-electron chi connectivity index (χ3n) is 13.0. The van der Waals surface area contributed by atoms with E-state index in [0.29, 0.717) is 67.0 Å². The second-order valence-corrected chi connectivity index (χ2v) is 14.0. The Morgan fingerprint density at radius 2 is 1.62 bits per heavy atom. The van der Waals surface area contributed by atoms with Gasteiger partial charge in [-0.1, -0.05) is 20.8 Å². The molecule has 0 radical (unpaired) electrons. The Labute approximate surface area is 222 Å². The number of rotatable bonds is 4. The van der Waals surface area contributed by atoms with Gasteiger partial charge in [-0.3, -0.25) is 0 Å². The van der Waals surface area contributed by atoms with Crippen molar-refractivity contribution in [1.82, 2.24) is 9.80 Å². The monoisotopic (exact) mass is 516 g/mol. The average Bonchev–Trinajstić information content (AvgIpc) is 3.42. The molecule has 0 N–H and O–H groups in total. The molecule has 208 valence electrons. The minimum Gasteiger partial charge on any atom is -0.453 e. The lowest BCUT2D eigenvalue weighted by atomic mass is 9.45. The van der Waals surface area contributed by atoms with Crippen molar-refractivity contribution >= 4 is 12.2 Å². The number of hydrogen-bond acceptors (Lipinski definition) is 5. The van der Waals surface area contributed by atoms with Crippen LogP contribution in [0.5, 0.6) is 0 Å². The number of ether oxygens (including phenoxy) is 3. The van der Waals surface area contributed by atoms with Crippen LogP contribution in [0.25, 0.3) is 0 Å². The quantitative estimate of drug-likeness (QED) is 0.499. The predicted molar refractivity (Wildman–Crippen MR) is 140 cm³/mol. The Bertz CT molecular complexity index is 920. The van der Waals surface area contributed by atoms with Crippen molar-refractivity contribution in [3.63, 3.8) is 0 Å². The summed E-state index contributed by atoms with van der Waals surface area (Å²) in [5.74, 6) is 4.29. The van der Waals surface area contributed by atoms with E-state index in [-0.39, 0.29) is 12.2 Å². The summed E-state index contributed by atoms with van der Waals surface area (Å²) in [6.45, 7) is 9.97. The lowest BCUT2D eigenvalue weighted by Gasteiger charge is -2.61. The number of hydrogen-bond donors (Lipinski definition) is 0. The molecular weight excluding hydrogens is 468 g/mol. The van der Waals surface area contributed by atoms with Crippen LogP contribution in [0.4, 0.5) is 9.59 Å². The molecular formula is C30H48N2O5. The first-order valence-electron chi connectivity index (χ1n) is 15.0. The zero-order chi connectivity index (χ0) is 26.2. The zero-order valence-corrected chi connectivity index (χ0v) is 23.7. The molecule has 1 spiro atoms. The molecule has 0 aromatic heterocycles. The topological polar surface area (TPSA) is 68.3 Å². The van der Waals surface area contributed by atoms with Crippen LogP contribution in [-0.4, -0.2) is 75.1 Å². The van der Waals surface area contributed by atoms with Crippen LogP contribution < -0.4 is 0 Å². The first kappa shape index (κ1) is 25.8. The highest BCUT2D eigenvalue weighted by molar-refractivity contribution is 5.70. The molecule has 1 saturated heterocycles. The maximum atomic E-state index is 12.8. The smallest absolute Gasteiger partial charge is 0.409 e. The van der Waals surface area contributed by atoms with Gasteiger partial charge in [0.25, 0.3) is 0 Å². The van der Waals surface area contributed by atoms with Crippen molar-refractivity contribution in [1.29, 1.82) is 0 Å². The summed E-state index contributed by atoms with van der Waals surface area (Å²) in [6, 6.07) is 0. The van der Waals surface area contributed by atoms with Crippen molar-refractivity contribution in [2.45, 2.75) is 78.2 Å². The number of carbonyl (C=O) groups is 2. The molecule has 7 heteroatoms. The predicted octanol–water partition coefficient (Wildman–Crippen LogP) is 5.43. The van der Waals surface area contributed by atoms with Crippen LogP contribution in [-0.2, 0) is 14.2 Å². The van der Waals surface area contributed by atoms with Crippen LogP contribution in [0, 0.1) is 51.8 Å². The Hall–Kier alpha value is -1.50. The highest BCUT2D eigenvalue weighted by Crippen LogP contribution is 2.82. The Balaban J connectivity index is 1.08. The molecule has 6 fully saturated rings. The first-order valence-corrected chi connectivity index (χ1v) is 15.0. The summed E-state index contributed by atoms with van der Waals surface area (Å²) in [5, 5.41) is 0. The van der Waals surface area contributed by atoms with E-state index in [1.54, 1.807) is 9.80 Å². The molecule has 37 heavy (non-hydrogen) atoms. The molecule has 0 bridgehead atoms. The third-order valence-corrected chi connectivity index (χ3v) is 13.0. The minimum absolute atomic E-state index is 0.242. The van der Waals surface area contributed by atoms with Crippen LogP contribution in [0.3, 0.4) is 0 Å². The van der Waals surface area contributed by atoms with E-state index in [1.165, 1.54) is 58.5 Å². The largest absolute Gasteiger partial charge is 0.453 e. The molecule has 0 aromatic carbocycles. The van der Waals surface area contributed by atoms with Gasteiger partial charge < -0.3 is 24.0 Å². The summed E-state index contributed by atoms with van der Waals surface area (Å²) in [5.41, 5.74) is 1.29. The standard InChI is InChI=1S/C30H48N2O5/c1-19(18-37-27(34)32-14-12-31(13-15-32)26(33)36-5)22-6-7-23-21-16-25(35-4)30-17-20(30)8-11-29(30,3)24(21)9-10-28(22,23)2/h19-25H,6-18H2,1-5H3/t19-,20-,21+,22-,23+,24+,25?,28-,29-,30?/m1/s1. The van der Waals surface area contributed by atoms with Gasteiger partial charge in [0.1, 0.15) is 0 Å². The summed E-state index contributed by atoms with van der Waals surface area (Å²) < 4.78 is 16.9. The number of piperazine rings is 1. The highest BCUT2D eigenvalue weighted by Gasteiger charge is 2.77. The van der Waals surface area contributed by atoms with Gasteiger partial charge in [0.15, 0.2) is 0 Å². The van der Waals surface area contributed by atoms with Gasteiger partial charge in [0.05, 0.1) is 19.8 Å². The fourth-order valence-corrected chi connectivity index (χ4v) is 11.2. The van der Waals surface area contributed by atoms with Gasteiger partial charge in [-0.15, -0.1) is 0 Å². The molecule has 2 unspecified atom stereocenters. The fourth-order valence-electron chi connectivity index (χ4n) is 11.2. The molecule has 10 atom stereocenters. The minimum atomic E-state index is -0.329. The van der Waals surface area contributed by atoms with Crippen LogP contribution in [0.1, 0.15) is 72.1 Å². The van der Waals surface area contributed by atoms with Crippen LogP contribution in [0.2, 0.25) is 0 Å². The normalized spacial score (nSPS) is 46.8. The van der Waals surface area contributed by atoms with Crippen molar-refractivity contribution in [2.75, 3.05) is 47.0 Å². The Kier molecular flexibility index (Phi) is 6.28. The van der Waals surface area contributed by atoms with Crippen LogP contribution in [0.15, 0.2) is 0 Å². The molecule has 2 amide bonds. The number of amides is 2. The van der Waals surface area contributed by atoms with Crippen LogP contribution >= 0.6 is 0 Å². The number of nitrogens with zero attached hydrogens (tertiary/aromatic N) is 2. The van der Waals surface area contributed by atoms with E-state index in [1.807, 2.05) is 7.11 Å². The SMILES string of the molecule is COC(=O)N1CCN(C(=O)OC[C@@H](C)[C@H]2CC[C@H]3[C@@H]4CC(OC)C56C[C@H]5CC[C@]6(C)[C@H]4CC[C@]23C)CC1. The van der Waals surface area contributed by atoms with E-state index in [9.17, 15) is 9.59 Å². The van der Waals surface area contributed by atoms with E-state index in [0.717, 1.165) is 23.7 Å². The van der Waals surface area contributed by atoms with Gasteiger partial charge >= 0.3 is 12.2 Å². The van der Waals surface area contributed by atoms with Gasteiger partial charge in [-0.05, 0) is 97.7 Å². The van der Waals surface area contributed by atoms with Crippen molar-refractivity contribution in [2.24, 2.45) is 51.8 Å². The molecule has 0 aromatic rings. The summed E-state index contributed by atoms with van der Waals surface area (Å²) in [6.07, 6.45) is 10.6. The molecule has 6 aliphatic rings. The van der Waals surface area contributed by atoms with E-state index in [2.05, 4.69) is 20.8 Å². The molecule has 1 aliphatic heterocycles. The maximum Gasteiger partial charge on any atom is 0.409 e. The van der Waals surface area contributed by atoms with E-state index < -0.39 is 0 Å². The van der Waals surface area contributed by atoms with Crippen molar-refractivity contribution in [3.05, 3.63) is 0 Å². The molecule has 6 rings (SSSR count). The van der Waals surface area contributed by atoms with Crippen molar-refractivity contribution in [3.8, 4) is 0 Å². The molecule has 5 saturated carbocycles. The zero-order valence-electron chi connectivity index (χ0n) is 23.7. The summed E-state index contributed by atoms with van der Waals surface area (Å²) >= 11 is 0. The first-order chi connectivity index (χ1) is 17.7. The second-order valence-electron chi connectivity index (χ2n) is 14.0. The Morgan fingerprint density at radius 1 is 0.919 bits per heavy atom. The Morgan fingerprint density at radius 3 is 2.27 bits per heavy atom. The molecule has 1 heterocycles. The van der Waals surface area contributed by atoms with E-state index >= 15 is 0 Å². The number of methoxy groups -OCH3 is 2. The van der Waals surface area contributed by atoms with Gasteiger partial charge in [0, 0.05) is 38.7 Å². The maximum absolute atomic E-state index is 12.8. The van der Waals surface area contributed by atoms with Gasteiger partial charge in [-0.25, -0.2) is 9.59 Å². The second kappa shape index (κ2) is 9.02. The summed E-state index contributed by atoms with van der Waals surface area (Å²) in [7, 11) is 3.36. The van der Waals surface area contributed by atoms with Gasteiger partial charge in [0.2, 0.25) is 0 Å². The molecule has 5 aliphatic carbocycles. The lowest BCUT2D eigenvalue weighted by Crippen LogP contribution is -2.57. The van der Waals surface area contributed by atoms with Gasteiger partial charge in [-0.2, -0.15) is 0 Å². The number of carbonyl (C=O) groups excluding carboxylic acids is 2. The summed E-state index contributed by atoms with van der Waals surface area (Å²) in [4.78, 5) is 27.9. The third kappa shape index (κ3) is 3.61. The number of fused-ring (bicyclic) bond motifs is 4. The fraction of sp³-hybridized carbons (Fsp3) is 0.933. The molecule has 7 nitrogen and oxygen atoms in total. The lowest BCUT2D eigenvalue weighted by molar-refractivity contribution is -0.161.